The summed E-state index contributed by atoms with van der Waals surface area (Å²) in [5, 5.41) is 11.4. The number of nitrogens with one attached hydrogen (secondary N) is 2. The van der Waals surface area contributed by atoms with E-state index in [0.29, 0.717) is 41.7 Å². The van der Waals surface area contributed by atoms with E-state index in [-0.39, 0.29) is 35.5 Å². The number of methoxy groups -OCH3 is 1. The van der Waals surface area contributed by atoms with Gasteiger partial charge in [0.15, 0.2) is 0 Å². The minimum absolute atomic E-state index is 0.00424. The zero-order valence-electron chi connectivity index (χ0n) is 25.2. The Bertz CT molecular complexity index is 1790. The van der Waals surface area contributed by atoms with Crippen molar-refractivity contribution in [2.75, 3.05) is 18.2 Å². The van der Waals surface area contributed by atoms with E-state index in [2.05, 4.69) is 20.6 Å². The van der Waals surface area contributed by atoms with Crippen molar-refractivity contribution >= 4 is 40.4 Å². The lowest BCUT2D eigenvalue weighted by molar-refractivity contribution is -0.137. The Labute approximate surface area is 263 Å². The number of hydrogen-bond acceptors (Lipinski definition) is 7. The van der Waals surface area contributed by atoms with Crippen LogP contribution >= 0.6 is 0 Å². The molecule has 10 nitrogen and oxygen atoms in total. The number of pyridine rings is 2. The number of benzene rings is 1. The molecule has 2 aliphatic rings. The Kier molecular flexibility index (Phi) is 8.76. The highest BCUT2D eigenvalue weighted by Gasteiger charge is 2.31. The first-order valence-corrected chi connectivity index (χ1v) is 15.2. The van der Waals surface area contributed by atoms with Crippen LogP contribution in [0.2, 0.25) is 0 Å². The van der Waals surface area contributed by atoms with E-state index in [1.165, 1.54) is 0 Å². The molecule has 0 radical (unpaired) electrons. The summed E-state index contributed by atoms with van der Waals surface area (Å²) in [5.74, 6) is -0.477. The molecule has 2 bridgehead atoms. The molecular weight excluding hydrogens is 599 g/mol. The Morgan fingerprint density at radius 3 is 2.67 bits per heavy atom. The summed E-state index contributed by atoms with van der Waals surface area (Å²) in [6.07, 6.45) is 7.13. The smallest absolute Gasteiger partial charge is 0.383 e. The summed E-state index contributed by atoms with van der Waals surface area (Å²) in [6, 6.07) is 8.22. The summed E-state index contributed by atoms with van der Waals surface area (Å²) >= 11 is 0. The summed E-state index contributed by atoms with van der Waals surface area (Å²) in [6.45, 7) is 0. The van der Waals surface area contributed by atoms with Gasteiger partial charge >= 0.3 is 6.18 Å². The first-order valence-electron chi connectivity index (χ1n) is 15.2. The average Bonchev–Trinajstić information content (AvgIpc) is 3.45. The number of ether oxygens (including phenoxy) is 1. The van der Waals surface area contributed by atoms with Crippen LogP contribution in [0.25, 0.3) is 28.2 Å². The molecule has 0 spiro atoms. The lowest BCUT2D eigenvalue weighted by atomic mass is 9.90. The largest absolute Gasteiger partial charge is 0.416 e. The van der Waals surface area contributed by atoms with Crippen LogP contribution < -0.4 is 16.4 Å². The van der Waals surface area contributed by atoms with Crippen molar-refractivity contribution in [3.05, 3.63) is 71.6 Å². The first-order chi connectivity index (χ1) is 22.1. The van der Waals surface area contributed by atoms with Crippen LogP contribution in [0.4, 0.5) is 24.8 Å². The van der Waals surface area contributed by atoms with Crippen molar-refractivity contribution in [1.82, 2.24) is 25.1 Å². The fraction of sp³-hybridized carbons (Fsp3) is 0.364. The number of aromatic nitrogens is 4. The highest BCUT2D eigenvalue weighted by Crippen LogP contribution is 2.39. The van der Waals surface area contributed by atoms with Crippen molar-refractivity contribution in [2.24, 2.45) is 0 Å². The van der Waals surface area contributed by atoms with Gasteiger partial charge in [-0.25, -0.2) is 9.97 Å². The third-order valence-corrected chi connectivity index (χ3v) is 8.58. The van der Waals surface area contributed by atoms with Gasteiger partial charge in [-0.3, -0.25) is 14.3 Å². The molecule has 4 aromatic rings. The van der Waals surface area contributed by atoms with E-state index in [1.807, 2.05) is 16.8 Å². The van der Waals surface area contributed by atoms with Crippen LogP contribution in [-0.2, 0) is 15.7 Å². The van der Waals surface area contributed by atoms with E-state index in [4.69, 9.17) is 15.6 Å². The number of amides is 2. The van der Waals surface area contributed by atoms with Crippen LogP contribution in [0, 0.1) is 0 Å². The Morgan fingerprint density at radius 1 is 1.11 bits per heavy atom. The number of alkyl halides is 3. The molecule has 3 atom stereocenters. The van der Waals surface area contributed by atoms with E-state index < -0.39 is 17.6 Å². The van der Waals surface area contributed by atoms with Crippen LogP contribution in [-0.4, -0.2) is 50.8 Å². The van der Waals surface area contributed by atoms with Gasteiger partial charge in [0, 0.05) is 48.7 Å². The molecule has 3 aromatic heterocycles. The minimum Gasteiger partial charge on any atom is -0.383 e. The zero-order valence-corrected chi connectivity index (χ0v) is 25.2. The molecule has 1 fully saturated rings. The van der Waals surface area contributed by atoms with Gasteiger partial charge in [-0.2, -0.15) is 18.3 Å². The number of anilines is 2. The fourth-order valence-corrected chi connectivity index (χ4v) is 6.23. The van der Waals surface area contributed by atoms with Gasteiger partial charge in [-0.05, 0) is 62.8 Å². The van der Waals surface area contributed by atoms with Crippen LogP contribution in [0.15, 0.2) is 54.9 Å². The van der Waals surface area contributed by atoms with Gasteiger partial charge in [0.25, 0.3) is 5.91 Å². The first kappa shape index (κ1) is 31.2. The molecule has 4 heterocycles. The number of halogens is 3. The summed E-state index contributed by atoms with van der Waals surface area (Å²) < 4.78 is 47.0. The molecule has 46 heavy (non-hydrogen) atoms. The maximum absolute atomic E-state index is 13.1. The van der Waals surface area contributed by atoms with Gasteiger partial charge in [-0.1, -0.05) is 24.3 Å². The number of hydrogen-bond donors (Lipinski definition) is 3. The molecular formula is C33H34F3N7O3. The lowest BCUT2D eigenvalue weighted by Gasteiger charge is -2.30. The summed E-state index contributed by atoms with van der Waals surface area (Å²) in [4.78, 5) is 33.9. The number of nitrogens with two attached hydrogens (primary N) is 1. The van der Waals surface area contributed by atoms with Crippen molar-refractivity contribution in [3.63, 3.8) is 0 Å². The molecule has 4 N–H and O–H groups in total. The number of nitrogens with zero attached hydrogens (tertiary/aromatic N) is 4. The maximum Gasteiger partial charge on any atom is 0.416 e. The number of fused-ring (bicyclic) bond motifs is 3. The normalized spacial score (nSPS) is 21.3. The number of rotatable bonds is 4. The van der Waals surface area contributed by atoms with E-state index in [0.717, 1.165) is 55.1 Å². The number of carbonyl (C=O) groups excluding carboxylic acids is 2. The highest BCUT2D eigenvalue weighted by atomic mass is 19.4. The molecule has 2 amide bonds. The van der Waals surface area contributed by atoms with Gasteiger partial charge in [0.2, 0.25) is 5.91 Å². The number of nitrogen functional groups attached to an aromatic ring is 1. The van der Waals surface area contributed by atoms with Crippen molar-refractivity contribution in [1.29, 1.82) is 0 Å². The van der Waals surface area contributed by atoms with Gasteiger partial charge in [0.05, 0.1) is 28.6 Å². The Balaban J connectivity index is 1.37. The summed E-state index contributed by atoms with van der Waals surface area (Å²) in [5.41, 5.74) is 8.73. The second-order valence-electron chi connectivity index (χ2n) is 11.7. The third kappa shape index (κ3) is 6.59. The zero-order chi connectivity index (χ0) is 32.4. The lowest BCUT2D eigenvalue weighted by Crippen LogP contribution is -2.39. The predicted octanol–water partition coefficient (Wildman–Crippen LogP) is 6.16. The second-order valence-corrected chi connectivity index (χ2v) is 11.7. The molecule has 1 aromatic carbocycles. The monoisotopic (exact) mass is 633 g/mol. The minimum atomic E-state index is -4.56. The predicted molar refractivity (Wildman–Crippen MR) is 168 cm³/mol. The molecule has 6 rings (SSSR count). The molecule has 1 aliphatic carbocycles. The fourth-order valence-electron chi connectivity index (χ4n) is 6.23. The SMILES string of the molecule is COC1/C=C/c2cnc(N)c3c(-c4ccc(C(=O)Nc5cc(C(F)(F)F)ccn5)cc4)nn(c23)[C@@H]2CCC[C@H](C2)NC(=O)CCC1. The van der Waals surface area contributed by atoms with Gasteiger partial charge in [-0.15, -0.1) is 0 Å². The standard InChI is InChI=1S/C33H34F3N7O3/c1-46-25-6-3-7-27(44)40-23-4-2-5-24(17-23)43-30-21(12-13-25)18-39-31(37)28(30)29(42-43)19-8-10-20(11-9-19)32(45)41-26-16-22(14-15-38-26)33(34,35)36/h8-16,18,23-25H,2-7,17H2,1H3,(H2,37,39)(H,40,44)(H,38,41,45)/b13-12+/t23-,24-,25?/m1/s1. The van der Waals surface area contributed by atoms with Gasteiger partial charge in [0.1, 0.15) is 17.3 Å². The van der Waals surface area contributed by atoms with Gasteiger partial charge < -0.3 is 21.1 Å². The van der Waals surface area contributed by atoms with Crippen molar-refractivity contribution < 1.29 is 27.5 Å². The van der Waals surface area contributed by atoms with Crippen molar-refractivity contribution in [2.45, 2.75) is 69.3 Å². The molecule has 1 saturated carbocycles. The topological polar surface area (TPSA) is 137 Å². The highest BCUT2D eigenvalue weighted by molar-refractivity contribution is 6.06. The van der Waals surface area contributed by atoms with Crippen LogP contribution in [0.1, 0.15) is 72.5 Å². The molecule has 13 heteroatoms. The molecule has 1 aliphatic heterocycles. The quantitative estimate of drug-likeness (QED) is 0.245. The Hall–Kier alpha value is -4.78. The van der Waals surface area contributed by atoms with Crippen LogP contribution in [0.3, 0.4) is 0 Å². The maximum atomic E-state index is 13.1. The third-order valence-electron chi connectivity index (χ3n) is 8.58. The van der Waals surface area contributed by atoms with E-state index in [9.17, 15) is 22.8 Å². The Morgan fingerprint density at radius 2 is 1.91 bits per heavy atom. The van der Waals surface area contributed by atoms with Crippen LogP contribution in [0.5, 0.6) is 0 Å². The van der Waals surface area contributed by atoms with E-state index in [1.54, 1.807) is 37.6 Å². The second kappa shape index (κ2) is 12.9. The number of carbonyl (C=O) groups is 2. The average molecular weight is 634 g/mol. The van der Waals surface area contributed by atoms with Crippen molar-refractivity contribution in [3.8, 4) is 11.3 Å². The molecule has 1 unspecified atom stereocenters. The molecule has 240 valence electrons. The van der Waals surface area contributed by atoms with E-state index >= 15 is 0 Å². The molecule has 0 saturated heterocycles. The summed E-state index contributed by atoms with van der Waals surface area (Å²) in [7, 11) is 1.64.